The summed E-state index contributed by atoms with van der Waals surface area (Å²) in [5.74, 6) is -0.485. The summed E-state index contributed by atoms with van der Waals surface area (Å²) in [6.07, 6.45) is 0. The van der Waals surface area contributed by atoms with Crippen LogP contribution in [0.5, 0.6) is 5.75 Å². The van der Waals surface area contributed by atoms with E-state index in [0.717, 1.165) is 5.56 Å². The molecule has 0 radical (unpaired) electrons. The molecule has 0 aliphatic heterocycles. The Balaban J connectivity index is 1.84. The molecule has 2 rings (SSSR count). The number of amides is 2. The highest BCUT2D eigenvalue weighted by atomic mass is 79.9. The van der Waals surface area contributed by atoms with E-state index in [0.29, 0.717) is 22.5 Å². The lowest BCUT2D eigenvalue weighted by Crippen LogP contribution is -2.28. The van der Waals surface area contributed by atoms with Gasteiger partial charge in [-0.3, -0.25) is 9.59 Å². The van der Waals surface area contributed by atoms with Gasteiger partial charge < -0.3 is 15.4 Å². The summed E-state index contributed by atoms with van der Waals surface area (Å²) >= 11 is 3.18. The molecule has 0 heterocycles. The number of hydrogen-bond acceptors (Lipinski definition) is 3. The number of nitrogens with one attached hydrogen (secondary N) is 2. The van der Waals surface area contributed by atoms with Gasteiger partial charge in [-0.25, -0.2) is 4.39 Å². The third kappa shape index (κ3) is 6.15. The summed E-state index contributed by atoms with van der Waals surface area (Å²) in [4.78, 5) is 23.7. The molecule has 2 aromatic rings. The Bertz CT molecular complexity index is 796. The first-order chi connectivity index (χ1) is 12.3. The van der Waals surface area contributed by atoms with Gasteiger partial charge in [-0.05, 0) is 51.8 Å². The van der Waals surface area contributed by atoms with Crippen molar-refractivity contribution in [1.82, 2.24) is 5.32 Å². The third-order valence-electron chi connectivity index (χ3n) is 3.46. The third-order valence-corrected chi connectivity index (χ3v) is 4.08. The summed E-state index contributed by atoms with van der Waals surface area (Å²) in [6, 6.07) is 11.2. The topological polar surface area (TPSA) is 67.4 Å². The van der Waals surface area contributed by atoms with Crippen molar-refractivity contribution in [1.29, 1.82) is 0 Å². The minimum absolute atomic E-state index is 0.0653. The average Bonchev–Trinajstić information content (AvgIpc) is 2.59. The second kappa shape index (κ2) is 9.33. The van der Waals surface area contributed by atoms with Crippen molar-refractivity contribution in [3.05, 3.63) is 58.3 Å². The molecule has 0 atom stereocenters. The highest BCUT2D eigenvalue weighted by Crippen LogP contribution is 2.25. The number of anilines is 1. The molecule has 0 aliphatic rings. The van der Waals surface area contributed by atoms with E-state index in [1.54, 1.807) is 12.1 Å². The molecule has 0 aromatic heterocycles. The van der Waals surface area contributed by atoms with Crippen LogP contribution < -0.4 is 15.4 Å². The second-order valence-corrected chi connectivity index (χ2v) is 6.84. The summed E-state index contributed by atoms with van der Waals surface area (Å²) in [7, 11) is 0. The van der Waals surface area contributed by atoms with Crippen LogP contribution in [0.3, 0.4) is 0 Å². The Kier molecular flexibility index (Phi) is 7.15. The zero-order valence-electron chi connectivity index (χ0n) is 14.5. The minimum atomic E-state index is -0.391. The van der Waals surface area contributed by atoms with Crippen LogP contribution in [0.15, 0.2) is 46.9 Å². The van der Waals surface area contributed by atoms with E-state index in [1.807, 2.05) is 26.0 Å². The van der Waals surface area contributed by atoms with Gasteiger partial charge >= 0.3 is 0 Å². The highest BCUT2D eigenvalue weighted by molar-refractivity contribution is 9.10. The SMILES string of the molecule is CC(C)C(=O)Nc1cccc(CNC(=O)COc2ccc(F)cc2Br)c1. The molecule has 138 valence electrons. The molecule has 2 aromatic carbocycles. The zero-order valence-corrected chi connectivity index (χ0v) is 16.1. The largest absolute Gasteiger partial charge is 0.483 e. The first-order valence-corrected chi connectivity index (χ1v) is 8.89. The lowest BCUT2D eigenvalue weighted by atomic mass is 10.1. The van der Waals surface area contributed by atoms with Gasteiger partial charge in [-0.1, -0.05) is 26.0 Å². The van der Waals surface area contributed by atoms with Crippen molar-refractivity contribution in [2.75, 3.05) is 11.9 Å². The van der Waals surface area contributed by atoms with Crippen molar-refractivity contribution >= 4 is 33.4 Å². The Morgan fingerprint density at radius 2 is 1.96 bits per heavy atom. The van der Waals surface area contributed by atoms with E-state index in [4.69, 9.17) is 4.74 Å². The molecule has 7 heteroatoms. The van der Waals surface area contributed by atoms with Gasteiger partial charge in [0.15, 0.2) is 6.61 Å². The fraction of sp³-hybridized carbons (Fsp3) is 0.263. The fourth-order valence-electron chi connectivity index (χ4n) is 2.03. The number of carbonyl (C=O) groups excluding carboxylic acids is 2. The fourth-order valence-corrected chi connectivity index (χ4v) is 2.50. The molecule has 5 nitrogen and oxygen atoms in total. The second-order valence-electron chi connectivity index (χ2n) is 5.98. The number of halogens is 2. The van der Waals surface area contributed by atoms with Crippen molar-refractivity contribution < 1.29 is 18.7 Å². The van der Waals surface area contributed by atoms with E-state index in [-0.39, 0.29) is 24.3 Å². The number of hydrogen-bond donors (Lipinski definition) is 2. The van der Waals surface area contributed by atoms with E-state index in [1.165, 1.54) is 18.2 Å². The molecule has 2 amide bonds. The van der Waals surface area contributed by atoms with Crippen LogP contribution in [-0.2, 0) is 16.1 Å². The molecule has 0 saturated carbocycles. The monoisotopic (exact) mass is 422 g/mol. The predicted molar refractivity (Wildman–Crippen MR) is 101 cm³/mol. The predicted octanol–water partition coefficient (Wildman–Crippen LogP) is 3.88. The van der Waals surface area contributed by atoms with Gasteiger partial charge in [0.25, 0.3) is 5.91 Å². The standard InChI is InChI=1S/C19H20BrFN2O3/c1-12(2)19(25)23-15-5-3-4-13(8-15)10-22-18(24)11-26-17-7-6-14(21)9-16(17)20/h3-9,12H,10-11H2,1-2H3,(H,22,24)(H,23,25). The van der Waals surface area contributed by atoms with Crippen molar-refractivity contribution in [2.45, 2.75) is 20.4 Å². The van der Waals surface area contributed by atoms with Crippen LogP contribution in [-0.4, -0.2) is 18.4 Å². The first-order valence-electron chi connectivity index (χ1n) is 8.09. The van der Waals surface area contributed by atoms with Crippen LogP contribution in [0.2, 0.25) is 0 Å². The van der Waals surface area contributed by atoms with Crippen molar-refractivity contribution in [3.63, 3.8) is 0 Å². The van der Waals surface area contributed by atoms with Gasteiger partial charge in [0.2, 0.25) is 5.91 Å². The summed E-state index contributed by atoms with van der Waals surface area (Å²) < 4.78 is 18.8. The molecular weight excluding hydrogens is 403 g/mol. The van der Waals surface area contributed by atoms with Crippen molar-refractivity contribution in [3.8, 4) is 5.75 Å². The smallest absolute Gasteiger partial charge is 0.258 e. The summed E-state index contributed by atoms with van der Waals surface area (Å²) in [6.45, 7) is 3.75. The Labute approximate surface area is 160 Å². The first kappa shape index (κ1) is 19.9. The van der Waals surface area contributed by atoms with Gasteiger partial charge in [0, 0.05) is 18.2 Å². The molecule has 0 fully saturated rings. The Morgan fingerprint density at radius 3 is 2.65 bits per heavy atom. The van der Waals surface area contributed by atoms with E-state index in [9.17, 15) is 14.0 Å². The van der Waals surface area contributed by atoms with Crippen LogP contribution in [0.1, 0.15) is 19.4 Å². The zero-order chi connectivity index (χ0) is 19.1. The summed E-state index contributed by atoms with van der Waals surface area (Å²) in [5.41, 5.74) is 1.53. The molecule has 0 aliphatic carbocycles. The molecule has 26 heavy (non-hydrogen) atoms. The average molecular weight is 423 g/mol. The molecular formula is C19H20BrFN2O3. The number of ether oxygens (including phenoxy) is 1. The number of rotatable bonds is 7. The van der Waals surface area contributed by atoms with E-state index in [2.05, 4.69) is 26.6 Å². The van der Waals surface area contributed by atoms with Crippen molar-refractivity contribution in [2.24, 2.45) is 5.92 Å². The maximum atomic E-state index is 13.0. The maximum Gasteiger partial charge on any atom is 0.258 e. The van der Waals surface area contributed by atoms with Crippen LogP contribution in [0, 0.1) is 11.7 Å². The molecule has 0 saturated heterocycles. The lowest BCUT2D eigenvalue weighted by Gasteiger charge is -2.11. The molecule has 0 spiro atoms. The maximum absolute atomic E-state index is 13.0. The van der Waals surface area contributed by atoms with Gasteiger partial charge in [0.05, 0.1) is 4.47 Å². The van der Waals surface area contributed by atoms with Crippen LogP contribution in [0.4, 0.5) is 10.1 Å². The van der Waals surface area contributed by atoms with Gasteiger partial charge in [-0.15, -0.1) is 0 Å². The van der Waals surface area contributed by atoms with Gasteiger partial charge in [-0.2, -0.15) is 0 Å². The molecule has 2 N–H and O–H groups in total. The summed E-state index contributed by atoms with van der Waals surface area (Å²) in [5, 5.41) is 5.55. The van der Waals surface area contributed by atoms with Gasteiger partial charge in [0.1, 0.15) is 11.6 Å². The normalized spacial score (nSPS) is 10.5. The van der Waals surface area contributed by atoms with Crippen LogP contribution in [0.25, 0.3) is 0 Å². The number of carbonyl (C=O) groups is 2. The lowest BCUT2D eigenvalue weighted by molar-refractivity contribution is -0.123. The molecule has 0 unspecified atom stereocenters. The quantitative estimate of drug-likeness (QED) is 0.711. The highest BCUT2D eigenvalue weighted by Gasteiger charge is 2.09. The molecule has 0 bridgehead atoms. The Morgan fingerprint density at radius 1 is 1.19 bits per heavy atom. The number of benzene rings is 2. The van der Waals surface area contributed by atoms with E-state index < -0.39 is 5.82 Å². The van der Waals surface area contributed by atoms with E-state index >= 15 is 0 Å². The van der Waals surface area contributed by atoms with Crippen LogP contribution >= 0.6 is 15.9 Å². The Hall–Kier alpha value is -2.41. The minimum Gasteiger partial charge on any atom is -0.483 e.